The average Bonchev–Trinajstić information content (AvgIpc) is 1.59. The minimum atomic E-state index is -3.70. The van der Waals surface area contributed by atoms with Crippen molar-refractivity contribution < 1.29 is 12.8 Å². The average molecular weight is 162 g/mol. The molecule has 0 unspecified atom stereocenters. The first-order valence-electron chi connectivity index (χ1n) is 1.81. The molecule has 0 atom stereocenters. The quantitative estimate of drug-likeness (QED) is 0.594. The van der Waals surface area contributed by atoms with Crippen molar-refractivity contribution in [1.82, 2.24) is 4.72 Å². The van der Waals surface area contributed by atoms with Crippen LogP contribution >= 0.6 is 10.7 Å². The third-order valence-corrected chi connectivity index (χ3v) is 1.25. The molecule has 0 rings (SSSR count). The first-order valence-corrected chi connectivity index (χ1v) is 4.12. The lowest BCUT2D eigenvalue weighted by Gasteiger charge is -1.91. The molecule has 0 amide bonds. The summed E-state index contributed by atoms with van der Waals surface area (Å²) < 4.78 is 32.6. The first kappa shape index (κ1) is 8.13. The van der Waals surface area contributed by atoms with Crippen LogP contribution in [0.5, 0.6) is 0 Å². The molecule has 0 aliphatic rings. The second kappa shape index (κ2) is 3.21. The van der Waals surface area contributed by atoms with Crippen molar-refractivity contribution in [1.29, 1.82) is 0 Å². The SMILES string of the molecule is O=S(=O)(Cl)NCCF. The van der Waals surface area contributed by atoms with E-state index < -0.39 is 15.9 Å². The van der Waals surface area contributed by atoms with E-state index in [2.05, 4.69) is 10.7 Å². The van der Waals surface area contributed by atoms with Gasteiger partial charge < -0.3 is 0 Å². The van der Waals surface area contributed by atoms with Gasteiger partial charge >= 0.3 is 0 Å². The number of nitrogens with one attached hydrogen (secondary N) is 1. The molecule has 8 heavy (non-hydrogen) atoms. The van der Waals surface area contributed by atoms with Gasteiger partial charge in [0.05, 0.1) is 0 Å². The van der Waals surface area contributed by atoms with Crippen LogP contribution in [0.2, 0.25) is 0 Å². The molecule has 1 N–H and O–H groups in total. The number of hydrogen-bond acceptors (Lipinski definition) is 2. The van der Waals surface area contributed by atoms with Gasteiger partial charge in [0.2, 0.25) is 0 Å². The minimum absolute atomic E-state index is 0.258. The van der Waals surface area contributed by atoms with Crippen molar-refractivity contribution in [3.05, 3.63) is 0 Å². The van der Waals surface area contributed by atoms with Gasteiger partial charge in [0, 0.05) is 17.2 Å². The number of rotatable bonds is 3. The van der Waals surface area contributed by atoms with Crippen LogP contribution in [0.15, 0.2) is 0 Å². The lowest BCUT2D eigenvalue weighted by molar-refractivity contribution is 0.489. The fraction of sp³-hybridized carbons (Fsp3) is 1.00. The molecule has 6 heteroatoms. The van der Waals surface area contributed by atoms with Crippen LogP contribution in [0.25, 0.3) is 0 Å². The van der Waals surface area contributed by atoms with E-state index in [9.17, 15) is 12.8 Å². The van der Waals surface area contributed by atoms with E-state index in [1.165, 1.54) is 0 Å². The maximum absolute atomic E-state index is 11.1. The van der Waals surface area contributed by atoms with Crippen LogP contribution in [0.3, 0.4) is 0 Å². The highest BCUT2D eigenvalue weighted by molar-refractivity contribution is 8.12. The van der Waals surface area contributed by atoms with E-state index in [-0.39, 0.29) is 6.54 Å². The van der Waals surface area contributed by atoms with Crippen LogP contribution in [0.4, 0.5) is 4.39 Å². The molecule has 0 aliphatic heterocycles. The van der Waals surface area contributed by atoms with Gasteiger partial charge in [-0.2, -0.15) is 13.1 Å². The molecule has 0 spiro atoms. The number of alkyl halides is 1. The van der Waals surface area contributed by atoms with Crippen molar-refractivity contribution in [3.8, 4) is 0 Å². The highest BCUT2D eigenvalue weighted by Crippen LogP contribution is 1.86. The monoisotopic (exact) mass is 161 g/mol. The molecule has 0 aromatic carbocycles. The topological polar surface area (TPSA) is 46.2 Å². The van der Waals surface area contributed by atoms with Gasteiger partial charge in [-0.05, 0) is 0 Å². The molecule has 0 aromatic rings. The van der Waals surface area contributed by atoms with E-state index in [1.54, 1.807) is 4.72 Å². The molecular weight excluding hydrogens is 157 g/mol. The fourth-order valence-electron chi connectivity index (χ4n) is 0.160. The standard InChI is InChI=1S/C2H5ClFNO2S/c3-8(6,7)5-2-1-4/h5H,1-2H2. The second-order valence-electron chi connectivity index (χ2n) is 1.02. The molecule has 0 aliphatic carbocycles. The van der Waals surface area contributed by atoms with Crippen molar-refractivity contribution in [2.24, 2.45) is 0 Å². The highest BCUT2D eigenvalue weighted by atomic mass is 35.7. The predicted molar refractivity (Wildman–Crippen MR) is 28.8 cm³/mol. The lowest BCUT2D eigenvalue weighted by Crippen LogP contribution is -2.20. The number of hydrogen-bond donors (Lipinski definition) is 1. The Balaban J connectivity index is 3.42. The Hall–Kier alpha value is 0.130. The van der Waals surface area contributed by atoms with Crippen molar-refractivity contribution in [3.63, 3.8) is 0 Å². The van der Waals surface area contributed by atoms with Gasteiger partial charge in [0.25, 0.3) is 9.24 Å². The Kier molecular flexibility index (Phi) is 3.27. The smallest absolute Gasteiger partial charge is 0.250 e. The van der Waals surface area contributed by atoms with Crippen LogP contribution < -0.4 is 4.72 Å². The first-order chi connectivity index (χ1) is 3.56. The van der Waals surface area contributed by atoms with Crippen molar-refractivity contribution in [2.45, 2.75) is 0 Å². The fourth-order valence-corrected chi connectivity index (χ4v) is 0.713. The van der Waals surface area contributed by atoms with Gasteiger partial charge in [0.15, 0.2) is 0 Å². The van der Waals surface area contributed by atoms with Crippen LogP contribution in [0, 0.1) is 0 Å². The zero-order chi connectivity index (χ0) is 6.62. The minimum Gasteiger partial charge on any atom is -0.250 e. The maximum atomic E-state index is 11.1. The van der Waals surface area contributed by atoms with Gasteiger partial charge in [-0.25, -0.2) is 4.39 Å². The van der Waals surface area contributed by atoms with Gasteiger partial charge in [-0.15, -0.1) is 0 Å². The molecule has 0 heterocycles. The van der Waals surface area contributed by atoms with Gasteiger partial charge in [0.1, 0.15) is 6.67 Å². The molecule has 50 valence electrons. The Morgan fingerprint density at radius 1 is 1.62 bits per heavy atom. The summed E-state index contributed by atoms with van der Waals surface area (Å²) in [6.45, 7) is -1.00. The summed E-state index contributed by atoms with van der Waals surface area (Å²) in [6.07, 6.45) is 0. The summed E-state index contributed by atoms with van der Waals surface area (Å²) in [5.41, 5.74) is 0. The van der Waals surface area contributed by atoms with Crippen LogP contribution in [0.1, 0.15) is 0 Å². The summed E-state index contributed by atoms with van der Waals surface area (Å²) in [6, 6.07) is 0. The van der Waals surface area contributed by atoms with E-state index in [0.717, 1.165) is 0 Å². The van der Waals surface area contributed by atoms with Gasteiger partial charge in [-0.1, -0.05) is 0 Å². The molecule has 0 aromatic heterocycles. The third kappa shape index (κ3) is 6.13. The molecule has 0 bridgehead atoms. The van der Waals surface area contributed by atoms with Crippen molar-refractivity contribution in [2.75, 3.05) is 13.2 Å². The highest BCUT2D eigenvalue weighted by Gasteiger charge is 1.99. The zero-order valence-corrected chi connectivity index (χ0v) is 5.47. The summed E-state index contributed by atoms with van der Waals surface area (Å²) in [4.78, 5) is 0. The third-order valence-electron chi connectivity index (χ3n) is 0.369. The van der Waals surface area contributed by atoms with E-state index >= 15 is 0 Å². The predicted octanol–water partition coefficient (Wildman–Crippen LogP) is 0.0291. The summed E-state index contributed by atoms with van der Waals surface area (Å²) in [5, 5.41) is 0. The maximum Gasteiger partial charge on any atom is 0.297 e. The molecule has 0 saturated carbocycles. The molecule has 0 radical (unpaired) electrons. The van der Waals surface area contributed by atoms with Crippen LogP contribution in [-0.2, 0) is 9.24 Å². The van der Waals surface area contributed by atoms with Crippen molar-refractivity contribution >= 4 is 19.9 Å². The van der Waals surface area contributed by atoms with E-state index in [4.69, 9.17) is 0 Å². The lowest BCUT2D eigenvalue weighted by atomic mass is 10.8. The molecule has 3 nitrogen and oxygen atoms in total. The Labute approximate surface area is 51.4 Å². The second-order valence-corrected chi connectivity index (χ2v) is 3.40. The summed E-state index contributed by atoms with van der Waals surface area (Å²) >= 11 is 0. The number of halogens is 2. The largest absolute Gasteiger partial charge is 0.297 e. The summed E-state index contributed by atoms with van der Waals surface area (Å²) in [7, 11) is 0.902. The van der Waals surface area contributed by atoms with E-state index in [1.807, 2.05) is 0 Å². The zero-order valence-electron chi connectivity index (χ0n) is 3.89. The summed E-state index contributed by atoms with van der Waals surface area (Å²) in [5.74, 6) is 0. The molecule has 0 fully saturated rings. The Morgan fingerprint density at radius 2 is 2.12 bits per heavy atom. The molecule has 0 saturated heterocycles. The van der Waals surface area contributed by atoms with Crippen LogP contribution in [-0.4, -0.2) is 21.6 Å². The molecular formula is C2H5ClFNO2S. The Bertz CT molecular complexity index is 144. The Morgan fingerprint density at radius 3 is 2.25 bits per heavy atom. The van der Waals surface area contributed by atoms with E-state index in [0.29, 0.717) is 0 Å². The van der Waals surface area contributed by atoms with Gasteiger partial charge in [-0.3, -0.25) is 0 Å². The normalized spacial score (nSPS) is 11.8.